The summed E-state index contributed by atoms with van der Waals surface area (Å²) in [4.78, 5) is 4.91. The molecular weight excluding hydrogens is 482 g/mol. The fourth-order valence-corrected chi connectivity index (χ4v) is 7.00. The van der Waals surface area contributed by atoms with Crippen molar-refractivity contribution in [1.29, 1.82) is 0 Å². The van der Waals surface area contributed by atoms with E-state index in [0.717, 1.165) is 11.3 Å². The van der Waals surface area contributed by atoms with Crippen LogP contribution in [-0.2, 0) is 0 Å². The Morgan fingerprint density at radius 1 is 0.632 bits per heavy atom. The Balaban J connectivity index is 1.41. The summed E-state index contributed by atoms with van der Waals surface area (Å²) >= 11 is 1.88. The van der Waals surface area contributed by atoms with Crippen molar-refractivity contribution in [2.75, 3.05) is 0 Å². The first-order valence-electron chi connectivity index (χ1n) is 12.8. The predicted octanol–water partition coefficient (Wildman–Crippen LogP) is 9.00. The van der Waals surface area contributed by atoms with Gasteiger partial charge in [0.05, 0.1) is 11.0 Å². The van der Waals surface area contributed by atoms with E-state index in [1.54, 1.807) is 0 Å². The third kappa shape index (κ3) is 3.24. The minimum Gasteiger partial charge on any atom is -0.346 e. The van der Waals surface area contributed by atoms with E-state index in [2.05, 4.69) is 125 Å². The molecule has 0 bridgehead atoms. The van der Waals surface area contributed by atoms with E-state index < -0.39 is 0 Å². The minimum absolute atomic E-state index is 0.246. The quantitative estimate of drug-likeness (QED) is 0.255. The second-order valence-corrected chi connectivity index (χ2v) is 10.7. The molecule has 1 unspecified atom stereocenters. The maximum absolute atomic E-state index is 4.91. The van der Waals surface area contributed by atoms with Crippen LogP contribution >= 0.6 is 11.3 Å². The van der Waals surface area contributed by atoms with Crippen LogP contribution in [0.1, 0.15) is 11.9 Å². The van der Waals surface area contributed by atoms with Crippen molar-refractivity contribution < 1.29 is 0 Å². The van der Waals surface area contributed by atoms with Gasteiger partial charge in [-0.15, -0.1) is 11.3 Å². The second kappa shape index (κ2) is 8.44. The third-order valence-corrected chi connectivity index (χ3v) is 8.70. The Bertz CT molecular complexity index is 2050. The van der Waals surface area contributed by atoms with Gasteiger partial charge in [-0.2, -0.15) is 0 Å². The van der Waals surface area contributed by atoms with Gasteiger partial charge in [-0.1, -0.05) is 91.0 Å². The molecular formula is C34H23N3S. The van der Waals surface area contributed by atoms with Crippen molar-refractivity contribution in [1.82, 2.24) is 9.88 Å². The zero-order chi connectivity index (χ0) is 25.1. The van der Waals surface area contributed by atoms with Crippen LogP contribution in [0.25, 0.3) is 58.8 Å². The normalized spacial score (nSPS) is 15.4. The van der Waals surface area contributed by atoms with Crippen molar-refractivity contribution in [2.45, 2.75) is 6.29 Å². The average Bonchev–Trinajstić information content (AvgIpc) is 3.53. The summed E-state index contributed by atoms with van der Waals surface area (Å²) in [7, 11) is 0. The first-order valence-corrected chi connectivity index (χ1v) is 13.7. The number of hydrogen-bond donors (Lipinski definition) is 1. The molecule has 1 N–H and O–H groups in total. The van der Waals surface area contributed by atoms with Crippen LogP contribution in [0.5, 0.6) is 0 Å². The van der Waals surface area contributed by atoms with Gasteiger partial charge in [-0.05, 0) is 47.0 Å². The molecule has 8 rings (SSSR count). The number of rotatable bonds is 3. The Hall–Kier alpha value is -4.67. The van der Waals surface area contributed by atoms with Crippen LogP contribution in [0.3, 0.4) is 0 Å². The van der Waals surface area contributed by atoms with E-state index in [1.807, 2.05) is 23.6 Å². The number of nitrogens with one attached hydrogen (secondary N) is 1. The number of aromatic nitrogens is 1. The number of benzene rings is 5. The van der Waals surface area contributed by atoms with Gasteiger partial charge in [0.25, 0.3) is 0 Å². The lowest BCUT2D eigenvalue weighted by Gasteiger charge is -2.24. The molecule has 4 heteroatoms. The molecule has 3 heterocycles. The molecule has 0 amide bonds. The summed E-state index contributed by atoms with van der Waals surface area (Å²) in [6.07, 6.45) is 3.74. The van der Waals surface area contributed by atoms with Crippen LogP contribution in [0, 0.1) is 0 Å². The van der Waals surface area contributed by atoms with Crippen LogP contribution in [0.2, 0.25) is 0 Å². The summed E-state index contributed by atoms with van der Waals surface area (Å²) < 4.78 is 5.00. The van der Waals surface area contributed by atoms with Crippen LogP contribution < -0.4 is 5.32 Å². The molecule has 5 aromatic carbocycles. The molecule has 0 saturated heterocycles. The van der Waals surface area contributed by atoms with Gasteiger partial charge in [0.1, 0.15) is 0 Å². The summed E-state index contributed by atoms with van der Waals surface area (Å²) in [6, 6.07) is 41.2. The molecule has 2 aromatic heterocycles. The zero-order valence-electron chi connectivity index (χ0n) is 20.5. The molecule has 0 radical (unpaired) electrons. The summed E-state index contributed by atoms with van der Waals surface area (Å²) in [5.41, 5.74) is 7.04. The fourth-order valence-electron chi connectivity index (χ4n) is 5.74. The predicted molar refractivity (Wildman–Crippen MR) is 163 cm³/mol. The topological polar surface area (TPSA) is 29.3 Å². The van der Waals surface area contributed by atoms with Crippen molar-refractivity contribution in [2.24, 2.45) is 4.99 Å². The fraction of sp³-hybridized carbons (Fsp3) is 0.0294. The summed E-state index contributed by atoms with van der Waals surface area (Å²) in [6.45, 7) is 0. The van der Waals surface area contributed by atoms with Gasteiger partial charge >= 0.3 is 0 Å². The van der Waals surface area contributed by atoms with Gasteiger partial charge in [-0.25, -0.2) is 4.99 Å². The molecule has 38 heavy (non-hydrogen) atoms. The second-order valence-electron chi connectivity index (χ2n) is 9.67. The molecule has 1 atom stereocenters. The van der Waals surface area contributed by atoms with E-state index in [1.165, 1.54) is 53.1 Å². The van der Waals surface area contributed by atoms with Gasteiger partial charge < -0.3 is 9.88 Å². The maximum atomic E-state index is 4.91. The van der Waals surface area contributed by atoms with E-state index >= 15 is 0 Å². The lowest BCUT2D eigenvalue weighted by Crippen LogP contribution is -2.26. The minimum atomic E-state index is -0.246. The Labute approximate surface area is 224 Å². The number of thiophene rings is 1. The van der Waals surface area contributed by atoms with E-state index in [9.17, 15) is 0 Å². The largest absolute Gasteiger partial charge is 0.346 e. The molecule has 0 spiro atoms. The highest BCUT2D eigenvalue weighted by molar-refractivity contribution is 7.26. The van der Waals surface area contributed by atoms with Crippen LogP contribution in [-0.4, -0.2) is 10.8 Å². The standard InChI is InChI=1S/C34H23N3S/c1-3-9-22(10-4-1)24-15-17-29-27(21-24)32-30(18-16-26-25-13-7-8-14-31(25)38-33(26)32)37(29)34-35-20-19-28(36-34)23-11-5-2-6-12-23/h1-21,34,36H. The highest BCUT2D eigenvalue weighted by Crippen LogP contribution is 2.44. The Morgan fingerprint density at radius 3 is 2.21 bits per heavy atom. The van der Waals surface area contributed by atoms with Gasteiger partial charge in [0.15, 0.2) is 0 Å². The molecule has 0 aliphatic carbocycles. The van der Waals surface area contributed by atoms with Crippen molar-refractivity contribution in [3.63, 3.8) is 0 Å². The van der Waals surface area contributed by atoms with Crippen molar-refractivity contribution in [3.05, 3.63) is 127 Å². The monoisotopic (exact) mass is 505 g/mol. The molecule has 0 fully saturated rings. The molecule has 3 nitrogen and oxygen atoms in total. The number of hydrogen-bond acceptors (Lipinski definition) is 3. The maximum Gasteiger partial charge on any atom is 0.200 e. The molecule has 1 aliphatic rings. The lowest BCUT2D eigenvalue weighted by atomic mass is 10.0. The smallest absolute Gasteiger partial charge is 0.200 e. The SMILES string of the molecule is C1=NC(n2c3ccc(-c4ccccc4)cc3c3c4sc5ccccc5c4ccc32)NC(c2ccccc2)=C1. The van der Waals surface area contributed by atoms with Crippen LogP contribution in [0.15, 0.2) is 126 Å². The van der Waals surface area contributed by atoms with Crippen molar-refractivity contribution in [3.8, 4) is 11.1 Å². The highest BCUT2D eigenvalue weighted by Gasteiger charge is 2.23. The third-order valence-electron chi connectivity index (χ3n) is 7.50. The van der Waals surface area contributed by atoms with E-state index in [0.29, 0.717) is 0 Å². The number of nitrogens with zero attached hydrogens (tertiary/aromatic N) is 2. The van der Waals surface area contributed by atoms with Gasteiger partial charge in [0, 0.05) is 42.9 Å². The van der Waals surface area contributed by atoms with E-state index in [4.69, 9.17) is 4.99 Å². The Morgan fingerprint density at radius 2 is 1.37 bits per heavy atom. The molecule has 1 aliphatic heterocycles. The average molecular weight is 506 g/mol. The molecule has 180 valence electrons. The summed E-state index contributed by atoms with van der Waals surface area (Å²) in [5.74, 6) is 0. The van der Waals surface area contributed by atoms with Gasteiger partial charge in [0.2, 0.25) is 6.29 Å². The lowest BCUT2D eigenvalue weighted by molar-refractivity contribution is 0.510. The number of aliphatic imine (C=N–C) groups is 1. The Kier molecular flexibility index (Phi) is 4.76. The number of allylic oxidation sites excluding steroid dienone is 1. The first kappa shape index (κ1) is 21.4. The van der Waals surface area contributed by atoms with Gasteiger partial charge in [-0.3, -0.25) is 0 Å². The van der Waals surface area contributed by atoms with Crippen LogP contribution in [0.4, 0.5) is 0 Å². The van der Waals surface area contributed by atoms with Crippen molar-refractivity contribution >= 4 is 65.2 Å². The highest BCUT2D eigenvalue weighted by atomic mass is 32.1. The number of fused-ring (bicyclic) bond motifs is 7. The summed E-state index contributed by atoms with van der Waals surface area (Å²) in [5, 5.41) is 8.89. The first-order chi connectivity index (χ1) is 18.8. The molecule has 7 aromatic rings. The van der Waals surface area contributed by atoms with E-state index in [-0.39, 0.29) is 6.29 Å². The zero-order valence-corrected chi connectivity index (χ0v) is 21.3. The molecule has 0 saturated carbocycles.